The van der Waals surface area contributed by atoms with Crippen molar-refractivity contribution in [1.82, 2.24) is 0 Å². The summed E-state index contributed by atoms with van der Waals surface area (Å²) in [5.41, 5.74) is 0. The Hall–Kier alpha value is -2.03. The molecule has 0 aliphatic heterocycles. The van der Waals surface area contributed by atoms with Gasteiger partial charge in [0.15, 0.2) is 6.10 Å². The normalized spacial score (nSPS) is 14.1. The van der Waals surface area contributed by atoms with Crippen LogP contribution in [0.25, 0.3) is 0 Å². The van der Waals surface area contributed by atoms with Crippen LogP contribution in [-0.2, 0) is 32.7 Å². The van der Waals surface area contributed by atoms with Gasteiger partial charge in [-0.05, 0) is 77.0 Å². The lowest BCUT2D eigenvalue weighted by Gasteiger charge is -2.24. The molecule has 0 aliphatic carbocycles. The van der Waals surface area contributed by atoms with Crippen LogP contribution in [0.1, 0.15) is 168 Å². The number of phosphoric acid groups is 1. The Bertz CT molecular complexity index is 1070. The first-order valence-electron chi connectivity index (χ1n) is 21.4. The number of ether oxygens (including phenoxy) is 2. The molecule has 0 rings (SSSR count). The number of quaternary nitrogens is 1. The number of unbranched alkanes of at least 4 members (excludes halogenated alkanes) is 16. The van der Waals surface area contributed by atoms with Crippen molar-refractivity contribution in [2.24, 2.45) is 0 Å². The van der Waals surface area contributed by atoms with Gasteiger partial charge in [0.2, 0.25) is 0 Å². The van der Waals surface area contributed by atoms with E-state index >= 15 is 0 Å². The minimum atomic E-state index is -4.39. The second-order valence-electron chi connectivity index (χ2n) is 15.3. The quantitative estimate of drug-likeness (QED) is 0.0217. The molecule has 0 aromatic heterocycles. The van der Waals surface area contributed by atoms with Gasteiger partial charge >= 0.3 is 19.8 Å². The number of carbonyl (C=O) groups excluding carboxylic acids is 2. The Balaban J connectivity index is 4.48. The smallest absolute Gasteiger partial charge is 0.462 e. The lowest BCUT2D eigenvalue weighted by Crippen LogP contribution is -2.37. The zero-order valence-corrected chi connectivity index (χ0v) is 36.1. The lowest BCUT2D eigenvalue weighted by molar-refractivity contribution is -0.870. The highest BCUT2D eigenvalue weighted by Crippen LogP contribution is 2.43. The molecule has 1 unspecified atom stereocenters. The summed E-state index contributed by atoms with van der Waals surface area (Å²) >= 11 is 0. The summed E-state index contributed by atoms with van der Waals surface area (Å²) in [6, 6.07) is 0. The van der Waals surface area contributed by atoms with E-state index in [1.54, 1.807) is 0 Å². The SMILES string of the molecule is CC/C=C/CCCCCCCCC/C=C\CCC(=O)O[C@H](COC(=O)CCC/C=C/CC/C=C\CCCCCCCC)COP(=O)(O)OCC[N+](C)(C)C. The minimum absolute atomic E-state index is 0.0185. The van der Waals surface area contributed by atoms with Gasteiger partial charge in [0.1, 0.15) is 19.8 Å². The molecular formula is C44H81NO8P+. The zero-order valence-electron chi connectivity index (χ0n) is 35.2. The second-order valence-corrected chi connectivity index (χ2v) is 16.8. The number of nitrogens with zero attached hydrogens (tertiary/aromatic N) is 1. The molecular weight excluding hydrogens is 701 g/mol. The van der Waals surface area contributed by atoms with E-state index in [4.69, 9.17) is 18.5 Å². The van der Waals surface area contributed by atoms with Crippen LogP contribution in [0, 0.1) is 0 Å². The number of hydrogen-bond donors (Lipinski definition) is 1. The first-order chi connectivity index (χ1) is 26.0. The van der Waals surface area contributed by atoms with Gasteiger partial charge in [-0.2, -0.15) is 0 Å². The molecule has 0 aliphatic rings. The number of carbonyl (C=O) groups is 2. The summed E-state index contributed by atoms with van der Waals surface area (Å²) in [5.74, 6) is -0.910. The summed E-state index contributed by atoms with van der Waals surface area (Å²) in [6.07, 6.45) is 41.8. The van der Waals surface area contributed by atoms with E-state index in [0.717, 1.165) is 44.9 Å². The largest absolute Gasteiger partial charge is 0.472 e. The summed E-state index contributed by atoms with van der Waals surface area (Å²) < 4.78 is 34.1. The van der Waals surface area contributed by atoms with Crippen molar-refractivity contribution in [1.29, 1.82) is 0 Å². The number of rotatable bonds is 38. The molecule has 10 heteroatoms. The maximum atomic E-state index is 12.6. The molecule has 0 aromatic rings. The maximum Gasteiger partial charge on any atom is 0.472 e. The van der Waals surface area contributed by atoms with Crippen LogP contribution in [0.15, 0.2) is 48.6 Å². The van der Waals surface area contributed by atoms with Gasteiger partial charge in [-0.3, -0.25) is 18.6 Å². The Kier molecular flexibility index (Phi) is 35.2. The van der Waals surface area contributed by atoms with Crippen molar-refractivity contribution in [2.75, 3.05) is 47.5 Å². The summed E-state index contributed by atoms with van der Waals surface area (Å²) in [4.78, 5) is 35.2. The van der Waals surface area contributed by atoms with Crippen LogP contribution in [0.3, 0.4) is 0 Å². The van der Waals surface area contributed by atoms with Crippen LogP contribution < -0.4 is 0 Å². The molecule has 0 aromatic carbocycles. The molecule has 9 nitrogen and oxygen atoms in total. The van der Waals surface area contributed by atoms with E-state index in [9.17, 15) is 19.0 Å². The predicted molar refractivity (Wildman–Crippen MR) is 224 cm³/mol. The van der Waals surface area contributed by atoms with Crippen molar-refractivity contribution < 1.29 is 42.1 Å². The van der Waals surface area contributed by atoms with Crippen LogP contribution in [-0.4, -0.2) is 74.9 Å². The molecule has 54 heavy (non-hydrogen) atoms. The Morgan fingerprint density at radius 3 is 1.59 bits per heavy atom. The first-order valence-corrected chi connectivity index (χ1v) is 22.9. The van der Waals surface area contributed by atoms with E-state index < -0.39 is 32.5 Å². The third-order valence-electron chi connectivity index (χ3n) is 8.80. The zero-order chi connectivity index (χ0) is 40.0. The van der Waals surface area contributed by atoms with Crippen LogP contribution in [0.4, 0.5) is 0 Å². The topological polar surface area (TPSA) is 108 Å². The molecule has 0 amide bonds. The average molecular weight is 783 g/mol. The standard InChI is InChI=1S/C44H80NO8P/c1-6-8-10-12-14-16-18-20-22-24-26-28-30-32-34-36-43(46)50-40-42(41-52-54(48,49)51-39-38-45(3,4)5)53-44(47)37-35-33-31-29-27-25-23-21-19-17-15-13-11-9-7-2/h9,11,20,22,28,30-31,33,42H,6-8,10,12-19,21,23-27,29,32,34-41H2,1-5H3/p+1/b11-9+,22-20-,30-28+,33-31-/t42-/m1/s1. The third-order valence-corrected chi connectivity index (χ3v) is 9.79. The highest BCUT2D eigenvalue weighted by molar-refractivity contribution is 7.47. The van der Waals surface area contributed by atoms with Gasteiger partial charge in [0.25, 0.3) is 0 Å². The van der Waals surface area contributed by atoms with E-state index in [0.29, 0.717) is 23.9 Å². The van der Waals surface area contributed by atoms with Gasteiger partial charge in [0, 0.05) is 12.8 Å². The van der Waals surface area contributed by atoms with Crippen molar-refractivity contribution in [3.8, 4) is 0 Å². The van der Waals surface area contributed by atoms with Crippen molar-refractivity contribution >= 4 is 19.8 Å². The maximum absolute atomic E-state index is 12.6. The van der Waals surface area contributed by atoms with Crippen LogP contribution in [0.2, 0.25) is 0 Å². The van der Waals surface area contributed by atoms with E-state index in [1.165, 1.54) is 83.5 Å². The van der Waals surface area contributed by atoms with E-state index in [2.05, 4.69) is 56.4 Å². The molecule has 0 heterocycles. The van der Waals surface area contributed by atoms with E-state index in [-0.39, 0.29) is 26.1 Å². The van der Waals surface area contributed by atoms with Gasteiger partial charge in [0.05, 0.1) is 27.7 Å². The van der Waals surface area contributed by atoms with Gasteiger partial charge < -0.3 is 18.9 Å². The van der Waals surface area contributed by atoms with Crippen LogP contribution >= 0.6 is 7.82 Å². The summed E-state index contributed by atoms with van der Waals surface area (Å²) in [5, 5.41) is 0. The Labute approximate surface area is 331 Å². The average Bonchev–Trinajstić information content (AvgIpc) is 3.12. The monoisotopic (exact) mass is 783 g/mol. The lowest BCUT2D eigenvalue weighted by atomic mass is 10.1. The van der Waals surface area contributed by atoms with Crippen molar-refractivity contribution in [3.05, 3.63) is 48.6 Å². The fraction of sp³-hybridized carbons (Fsp3) is 0.773. The van der Waals surface area contributed by atoms with Crippen LogP contribution in [0.5, 0.6) is 0 Å². The number of likely N-dealkylation sites (N-methyl/N-ethyl adjacent to an activating group) is 1. The predicted octanol–water partition coefficient (Wildman–Crippen LogP) is 11.9. The minimum Gasteiger partial charge on any atom is -0.462 e. The highest BCUT2D eigenvalue weighted by Gasteiger charge is 2.27. The molecule has 0 fully saturated rings. The number of phosphoric ester groups is 1. The molecule has 314 valence electrons. The van der Waals surface area contributed by atoms with Gasteiger partial charge in [-0.15, -0.1) is 0 Å². The molecule has 2 atom stereocenters. The molecule has 0 spiro atoms. The number of allylic oxidation sites excluding steroid dienone is 8. The van der Waals surface area contributed by atoms with Crippen molar-refractivity contribution in [3.63, 3.8) is 0 Å². The summed E-state index contributed by atoms with van der Waals surface area (Å²) in [7, 11) is 1.43. The number of hydrogen-bond acceptors (Lipinski definition) is 7. The molecule has 0 saturated carbocycles. The fourth-order valence-electron chi connectivity index (χ4n) is 5.46. The molecule has 0 bridgehead atoms. The first kappa shape index (κ1) is 52.0. The highest BCUT2D eigenvalue weighted by atomic mass is 31.2. The second kappa shape index (κ2) is 36.6. The Morgan fingerprint density at radius 1 is 0.574 bits per heavy atom. The fourth-order valence-corrected chi connectivity index (χ4v) is 6.21. The Morgan fingerprint density at radius 2 is 1.06 bits per heavy atom. The summed E-state index contributed by atoms with van der Waals surface area (Å²) in [6.45, 7) is 4.23. The van der Waals surface area contributed by atoms with Crippen molar-refractivity contribution in [2.45, 2.75) is 174 Å². The molecule has 0 saturated heterocycles. The number of esters is 2. The third kappa shape index (κ3) is 39.7. The molecule has 1 N–H and O–H groups in total. The van der Waals surface area contributed by atoms with Gasteiger partial charge in [-0.25, -0.2) is 4.57 Å². The van der Waals surface area contributed by atoms with E-state index in [1.807, 2.05) is 27.2 Å². The molecule has 0 radical (unpaired) electrons. The van der Waals surface area contributed by atoms with Gasteiger partial charge in [-0.1, -0.05) is 127 Å².